The number of halogens is 1. The van der Waals surface area contributed by atoms with E-state index in [1.807, 2.05) is 55.5 Å². The van der Waals surface area contributed by atoms with E-state index < -0.39 is 0 Å². The molecule has 3 nitrogen and oxygen atoms in total. The summed E-state index contributed by atoms with van der Waals surface area (Å²) >= 11 is 5.91. The zero-order valence-electron chi connectivity index (χ0n) is 11.0. The zero-order valence-corrected chi connectivity index (χ0v) is 11.8. The second kappa shape index (κ2) is 5.47. The Hall–Kier alpha value is -2.13. The first-order chi connectivity index (χ1) is 9.78. The third kappa shape index (κ3) is 2.45. The first kappa shape index (κ1) is 12.9. The lowest BCUT2D eigenvalue weighted by Crippen LogP contribution is -1.99. The van der Waals surface area contributed by atoms with Crippen molar-refractivity contribution in [3.8, 4) is 17.3 Å². The number of benzene rings is 2. The minimum Gasteiger partial charge on any atom is -0.477 e. The van der Waals surface area contributed by atoms with Crippen molar-refractivity contribution < 1.29 is 4.74 Å². The third-order valence-corrected chi connectivity index (χ3v) is 3.20. The lowest BCUT2D eigenvalue weighted by Gasteiger charge is -2.09. The fraction of sp³-hybridized carbons (Fsp3) is 0.125. The highest BCUT2D eigenvalue weighted by Crippen LogP contribution is 2.27. The molecule has 0 atom stereocenters. The molecule has 100 valence electrons. The van der Waals surface area contributed by atoms with Gasteiger partial charge in [0.1, 0.15) is 0 Å². The molecule has 0 spiro atoms. The molecule has 1 heterocycles. The maximum absolute atomic E-state index is 5.91. The van der Waals surface area contributed by atoms with Crippen molar-refractivity contribution in [1.29, 1.82) is 0 Å². The van der Waals surface area contributed by atoms with Gasteiger partial charge >= 0.3 is 0 Å². The van der Waals surface area contributed by atoms with Gasteiger partial charge in [-0.15, -0.1) is 0 Å². The van der Waals surface area contributed by atoms with Crippen molar-refractivity contribution in [2.75, 3.05) is 6.61 Å². The van der Waals surface area contributed by atoms with E-state index in [0.717, 1.165) is 16.5 Å². The highest BCUT2D eigenvalue weighted by molar-refractivity contribution is 6.30. The van der Waals surface area contributed by atoms with Crippen molar-refractivity contribution in [2.24, 2.45) is 0 Å². The average molecular weight is 285 g/mol. The van der Waals surface area contributed by atoms with Crippen LogP contribution in [-0.4, -0.2) is 16.6 Å². The lowest BCUT2D eigenvalue weighted by atomic mass is 10.2. The summed E-state index contributed by atoms with van der Waals surface area (Å²) in [5.74, 6) is 1.26. The van der Waals surface area contributed by atoms with Crippen molar-refractivity contribution >= 4 is 22.5 Å². The third-order valence-electron chi connectivity index (χ3n) is 2.95. The Bertz CT molecular complexity index is 741. The number of rotatable bonds is 3. The predicted octanol–water partition coefficient (Wildman–Crippen LogP) is 4.35. The molecule has 4 heteroatoms. The molecule has 0 bridgehead atoms. The van der Waals surface area contributed by atoms with Crippen molar-refractivity contribution in [3.63, 3.8) is 0 Å². The van der Waals surface area contributed by atoms with Gasteiger partial charge in [-0.2, -0.15) is 4.98 Å². The summed E-state index contributed by atoms with van der Waals surface area (Å²) in [6.45, 7) is 2.51. The molecule has 0 aliphatic carbocycles. The zero-order chi connectivity index (χ0) is 13.9. The minimum absolute atomic E-state index is 0.571. The molecule has 20 heavy (non-hydrogen) atoms. The first-order valence-electron chi connectivity index (χ1n) is 6.43. The van der Waals surface area contributed by atoms with Gasteiger partial charge in [-0.25, -0.2) is 4.98 Å². The number of hydrogen-bond acceptors (Lipinski definition) is 3. The van der Waals surface area contributed by atoms with E-state index in [4.69, 9.17) is 16.3 Å². The van der Waals surface area contributed by atoms with E-state index in [-0.39, 0.29) is 0 Å². The van der Waals surface area contributed by atoms with E-state index in [1.54, 1.807) is 0 Å². The number of fused-ring (bicyclic) bond motifs is 1. The van der Waals surface area contributed by atoms with E-state index in [0.29, 0.717) is 23.3 Å². The van der Waals surface area contributed by atoms with Crippen LogP contribution < -0.4 is 4.74 Å². The van der Waals surface area contributed by atoms with Crippen LogP contribution >= 0.6 is 11.6 Å². The topological polar surface area (TPSA) is 35.0 Å². The minimum atomic E-state index is 0.571. The lowest BCUT2D eigenvalue weighted by molar-refractivity contribution is 0.331. The Balaban J connectivity index is 2.18. The first-order valence-corrected chi connectivity index (χ1v) is 6.81. The number of para-hydroxylation sites is 1. The molecular weight excluding hydrogens is 272 g/mol. The molecule has 0 aliphatic heterocycles. The van der Waals surface area contributed by atoms with Crippen molar-refractivity contribution in [3.05, 3.63) is 53.6 Å². The Morgan fingerprint density at radius 1 is 1.00 bits per heavy atom. The normalized spacial score (nSPS) is 10.7. The van der Waals surface area contributed by atoms with Crippen LogP contribution in [0.4, 0.5) is 0 Å². The Kier molecular flexibility index (Phi) is 3.52. The molecule has 2 aromatic carbocycles. The number of hydrogen-bond donors (Lipinski definition) is 0. The quantitative estimate of drug-likeness (QED) is 0.717. The van der Waals surface area contributed by atoms with Gasteiger partial charge in [0.2, 0.25) is 5.88 Å². The fourth-order valence-corrected chi connectivity index (χ4v) is 2.15. The number of nitrogens with zero attached hydrogens (tertiary/aromatic N) is 2. The highest BCUT2D eigenvalue weighted by atomic mass is 35.5. The molecule has 0 amide bonds. The van der Waals surface area contributed by atoms with Gasteiger partial charge in [0.25, 0.3) is 0 Å². The van der Waals surface area contributed by atoms with Crippen LogP contribution in [0.2, 0.25) is 5.02 Å². The molecule has 0 aliphatic rings. The molecule has 1 aromatic heterocycles. The summed E-state index contributed by atoms with van der Waals surface area (Å²) in [6, 6.07) is 15.3. The van der Waals surface area contributed by atoms with Crippen LogP contribution in [0.1, 0.15) is 6.92 Å². The van der Waals surface area contributed by atoms with Crippen molar-refractivity contribution in [1.82, 2.24) is 9.97 Å². The van der Waals surface area contributed by atoms with Crippen LogP contribution in [0, 0.1) is 0 Å². The summed E-state index contributed by atoms with van der Waals surface area (Å²) < 4.78 is 5.63. The summed E-state index contributed by atoms with van der Waals surface area (Å²) in [7, 11) is 0. The fourth-order valence-electron chi connectivity index (χ4n) is 2.02. The summed E-state index contributed by atoms with van der Waals surface area (Å²) in [5.41, 5.74) is 1.79. The van der Waals surface area contributed by atoms with Gasteiger partial charge in [-0.1, -0.05) is 23.7 Å². The molecule has 3 rings (SSSR count). The monoisotopic (exact) mass is 284 g/mol. The Morgan fingerprint density at radius 2 is 1.75 bits per heavy atom. The van der Waals surface area contributed by atoms with Gasteiger partial charge in [-0.05, 0) is 43.3 Å². The smallest absolute Gasteiger partial charge is 0.225 e. The van der Waals surface area contributed by atoms with Crippen LogP contribution in [0.25, 0.3) is 22.3 Å². The molecule has 3 aromatic rings. The van der Waals surface area contributed by atoms with Gasteiger partial charge < -0.3 is 4.74 Å². The maximum atomic E-state index is 5.91. The molecule has 0 N–H and O–H groups in total. The second-order valence-electron chi connectivity index (χ2n) is 4.31. The number of aromatic nitrogens is 2. The Morgan fingerprint density at radius 3 is 2.50 bits per heavy atom. The Labute approximate surface area is 122 Å². The van der Waals surface area contributed by atoms with E-state index in [1.165, 1.54) is 0 Å². The maximum Gasteiger partial charge on any atom is 0.225 e. The summed E-state index contributed by atoms with van der Waals surface area (Å²) in [6.07, 6.45) is 0. The van der Waals surface area contributed by atoms with Gasteiger partial charge in [-0.3, -0.25) is 0 Å². The highest BCUT2D eigenvalue weighted by Gasteiger charge is 2.09. The SMILES string of the molecule is CCOc1nc(-c2ccc(Cl)cc2)nc2ccccc12. The standard InChI is InChI=1S/C16H13ClN2O/c1-2-20-16-13-5-3-4-6-14(13)18-15(19-16)11-7-9-12(17)10-8-11/h3-10H,2H2,1H3. The average Bonchev–Trinajstić information content (AvgIpc) is 2.48. The summed E-state index contributed by atoms with van der Waals surface area (Å²) in [5, 5.41) is 1.62. The molecular formula is C16H13ClN2O. The largest absolute Gasteiger partial charge is 0.477 e. The van der Waals surface area contributed by atoms with Gasteiger partial charge in [0, 0.05) is 10.6 Å². The van der Waals surface area contributed by atoms with Crippen LogP contribution in [0.15, 0.2) is 48.5 Å². The molecule has 0 fully saturated rings. The summed E-state index contributed by atoms with van der Waals surface area (Å²) in [4.78, 5) is 9.10. The van der Waals surface area contributed by atoms with Crippen LogP contribution in [-0.2, 0) is 0 Å². The van der Waals surface area contributed by atoms with E-state index in [9.17, 15) is 0 Å². The molecule has 0 saturated carbocycles. The van der Waals surface area contributed by atoms with E-state index >= 15 is 0 Å². The molecule has 0 radical (unpaired) electrons. The predicted molar refractivity (Wildman–Crippen MR) is 81.2 cm³/mol. The van der Waals surface area contributed by atoms with Crippen molar-refractivity contribution in [2.45, 2.75) is 6.92 Å². The van der Waals surface area contributed by atoms with Gasteiger partial charge in [0.15, 0.2) is 5.82 Å². The van der Waals surface area contributed by atoms with E-state index in [2.05, 4.69) is 9.97 Å². The molecule has 0 unspecified atom stereocenters. The number of ether oxygens (including phenoxy) is 1. The van der Waals surface area contributed by atoms with Crippen LogP contribution in [0.5, 0.6) is 5.88 Å². The second-order valence-corrected chi connectivity index (χ2v) is 4.75. The van der Waals surface area contributed by atoms with Gasteiger partial charge in [0.05, 0.1) is 17.5 Å². The van der Waals surface area contributed by atoms with Crippen LogP contribution in [0.3, 0.4) is 0 Å². The molecule has 0 saturated heterocycles.